The third kappa shape index (κ3) is 3.00. The monoisotopic (exact) mass is 323 g/mol. The van der Waals surface area contributed by atoms with E-state index in [0.29, 0.717) is 35.6 Å². The fourth-order valence-electron chi connectivity index (χ4n) is 2.44. The lowest BCUT2D eigenvalue weighted by atomic mass is 9.97. The van der Waals surface area contributed by atoms with E-state index in [4.69, 9.17) is 4.42 Å². The molecule has 0 radical (unpaired) electrons. The first kappa shape index (κ1) is 15.7. The van der Waals surface area contributed by atoms with Gasteiger partial charge in [0.25, 0.3) is 6.43 Å². The molecule has 23 heavy (non-hydrogen) atoms. The van der Waals surface area contributed by atoms with E-state index in [9.17, 15) is 13.6 Å². The van der Waals surface area contributed by atoms with Gasteiger partial charge < -0.3 is 14.6 Å². The Bertz CT molecular complexity index is 736. The molecule has 1 aromatic heterocycles. The summed E-state index contributed by atoms with van der Waals surface area (Å²) in [7, 11) is 0. The summed E-state index contributed by atoms with van der Waals surface area (Å²) in [4.78, 5) is 17.6. The van der Waals surface area contributed by atoms with Crippen molar-refractivity contribution in [3.05, 3.63) is 24.1 Å². The van der Waals surface area contributed by atoms with E-state index < -0.39 is 18.5 Å². The van der Waals surface area contributed by atoms with Gasteiger partial charge in [-0.25, -0.2) is 18.6 Å². The van der Waals surface area contributed by atoms with Crippen LogP contribution in [-0.2, 0) is 5.41 Å². The number of alkyl halides is 2. The first-order chi connectivity index (χ1) is 10.8. The SMILES string of the molecule is CC(C)(C)c1nc2cc(NC(=O)N3CCC3C(F)F)ccc2o1. The molecule has 1 aliphatic rings. The van der Waals surface area contributed by atoms with Crippen molar-refractivity contribution in [2.75, 3.05) is 11.9 Å². The third-order valence-electron chi connectivity index (χ3n) is 3.90. The first-order valence-corrected chi connectivity index (χ1v) is 7.52. The summed E-state index contributed by atoms with van der Waals surface area (Å²) in [6, 6.07) is 3.57. The van der Waals surface area contributed by atoms with Crippen molar-refractivity contribution in [1.29, 1.82) is 0 Å². The van der Waals surface area contributed by atoms with Crippen LogP contribution in [0, 0.1) is 0 Å². The lowest BCUT2D eigenvalue weighted by Crippen LogP contribution is -2.56. The van der Waals surface area contributed by atoms with Crippen LogP contribution < -0.4 is 5.32 Å². The largest absolute Gasteiger partial charge is 0.440 e. The lowest BCUT2D eigenvalue weighted by molar-refractivity contribution is -0.00568. The summed E-state index contributed by atoms with van der Waals surface area (Å²) in [5.74, 6) is 0.608. The number of fused-ring (bicyclic) bond motifs is 1. The number of aromatic nitrogens is 1. The summed E-state index contributed by atoms with van der Waals surface area (Å²) < 4.78 is 31.1. The summed E-state index contributed by atoms with van der Waals surface area (Å²) in [5, 5.41) is 2.64. The van der Waals surface area contributed by atoms with E-state index in [1.165, 1.54) is 0 Å². The molecule has 1 aliphatic heterocycles. The van der Waals surface area contributed by atoms with Gasteiger partial charge in [-0.2, -0.15) is 0 Å². The molecular weight excluding hydrogens is 304 g/mol. The number of amides is 2. The standard InChI is InChI=1S/C16H19F2N3O2/c1-16(2,3)14-20-10-8-9(4-5-12(10)23-14)19-15(22)21-7-6-11(21)13(17)18/h4-5,8,11,13H,6-7H2,1-3H3,(H,19,22). The van der Waals surface area contributed by atoms with Gasteiger partial charge >= 0.3 is 6.03 Å². The molecule has 2 amide bonds. The Morgan fingerprint density at radius 3 is 2.74 bits per heavy atom. The highest BCUT2D eigenvalue weighted by Gasteiger charge is 2.38. The Labute approximate surface area is 132 Å². The average Bonchev–Trinajstić information content (AvgIpc) is 2.79. The molecule has 5 nitrogen and oxygen atoms in total. The number of oxazole rings is 1. The molecule has 0 aliphatic carbocycles. The van der Waals surface area contributed by atoms with Gasteiger partial charge in [-0.3, -0.25) is 0 Å². The number of carbonyl (C=O) groups is 1. The molecule has 1 fully saturated rings. The molecule has 2 heterocycles. The summed E-state index contributed by atoms with van der Waals surface area (Å²) in [6.45, 7) is 6.33. The number of anilines is 1. The van der Waals surface area contributed by atoms with Crippen molar-refractivity contribution in [2.24, 2.45) is 0 Å². The summed E-state index contributed by atoms with van der Waals surface area (Å²) >= 11 is 0. The fourth-order valence-corrected chi connectivity index (χ4v) is 2.44. The van der Waals surface area contributed by atoms with E-state index in [1.807, 2.05) is 20.8 Å². The van der Waals surface area contributed by atoms with Crippen LogP contribution in [0.25, 0.3) is 11.1 Å². The van der Waals surface area contributed by atoms with E-state index in [2.05, 4.69) is 10.3 Å². The van der Waals surface area contributed by atoms with Crippen molar-refractivity contribution in [1.82, 2.24) is 9.88 Å². The molecule has 0 bridgehead atoms. The normalized spacial score (nSPS) is 18.3. The number of likely N-dealkylation sites (tertiary alicyclic amines) is 1. The number of nitrogens with one attached hydrogen (secondary N) is 1. The number of nitrogens with zero attached hydrogens (tertiary/aromatic N) is 2. The topological polar surface area (TPSA) is 58.4 Å². The zero-order valence-corrected chi connectivity index (χ0v) is 13.3. The predicted octanol–water partition coefficient (Wildman–Crippen LogP) is 4.00. The van der Waals surface area contributed by atoms with Crippen LogP contribution >= 0.6 is 0 Å². The number of halogens is 2. The molecule has 1 atom stereocenters. The van der Waals surface area contributed by atoms with Crippen LogP contribution in [0.5, 0.6) is 0 Å². The summed E-state index contributed by atoms with van der Waals surface area (Å²) in [5.41, 5.74) is 1.55. The number of rotatable bonds is 2. The number of hydrogen-bond acceptors (Lipinski definition) is 3. The molecule has 3 rings (SSSR count). The third-order valence-corrected chi connectivity index (χ3v) is 3.90. The minimum absolute atomic E-state index is 0.218. The van der Waals surface area contributed by atoms with Gasteiger partial charge in [0.15, 0.2) is 5.58 Å². The fraction of sp³-hybridized carbons (Fsp3) is 0.500. The van der Waals surface area contributed by atoms with Gasteiger partial charge in [0, 0.05) is 17.6 Å². The number of carbonyl (C=O) groups excluding carboxylic acids is 1. The van der Waals surface area contributed by atoms with E-state index >= 15 is 0 Å². The van der Waals surface area contributed by atoms with Gasteiger partial charge in [-0.05, 0) is 24.6 Å². The van der Waals surface area contributed by atoms with E-state index in [0.717, 1.165) is 4.90 Å². The van der Waals surface area contributed by atoms with Crippen molar-refractivity contribution in [3.63, 3.8) is 0 Å². The van der Waals surface area contributed by atoms with Crippen molar-refractivity contribution < 1.29 is 18.0 Å². The van der Waals surface area contributed by atoms with Gasteiger partial charge in [0.1, 0.15) is 5.52 Å². The number of hydrogen-bond donors (Lipinski definition) is 1. The van der Waals surface area contributed by atoms with Crippen LogP contribution in [-0.4, -0.2) is 34.9 Å². The molecule has 1 N–H and O–H groups in total. The Morgan fingerprint density at radius 1 is 1.43 bits per heavy atom. The van der Waals surface area contributed by atoms with Gasteiger partial charge in [-0.15, -0.1) is 0 Å². The number of benzene rings is 1. The first-order valence-electron chi connectivity index (χ1n) is 7.52. The molecule has 7 heteroatoms. The maximum atomic E-state index is 12.7. The molecule has 0 spiro atoms. The maximum Gasteiger partial charge on any atom is 0.322 e. The Kier molecular flexibility index (Phi) is 3.74. The Morgan fingerprint density at radius 2 is 2.17 bits per heavy atom. The molecular formula is C16H19F2N3O2. The highest BCUT2D eigenvalue weighted by molar-refractivity contribution is 5.92. The lowest BCUT2D eigenvalue weighted by Gasteiger charge is -2.40. The number of urea groups is 1. The average molecular weight is 323 g/mol. The van der Waals surface area contributed by atoms with Gasteiger partial charge in [0.05, 0.1) is 6.04 Å². The molecule has 1 saturated heterocycles. The molecule has 0 saturated carbocycles. The zero-order chi connectivity index (χ0) is 16.8. The highest BCUT2D eigenvalue weighted by atomic mass is 19.3. The van der Waals surface area contributed by atoms with Crippen LogP contribution in [0.15, 0.2) is 22.6 Å². The highest BCUT2D eigenvalue weighted by Crippen LogP contribution is 2.28. The van der Waals surface area contributed by atoms with E-state index in [-0.39, 0.29) is 5.41 Å². The van der Waals surface area contributed by atoms with Crippen LogP contribution in [0.1, 0.15) is 33.1 Å². The summed E-state index contributed by atoms with van der Waals surface area (Å²) in [6.07, 6.45) is -2.18. The second-order valence-electron chi connectivity index (χ2n) is 6.77. The van der Waals surface area contributed by atoms with Crippen molar-refractivity contribution in [3.8, 4) is 0 Å². The maximum absolute atomic E-state index is 12.7. The van der Waals surface area contributed by atoms with Crippen LogP contribution in [0.2, 0.25) is 0 Å². The Balaban J connectivity index is 1.77. The molecule has 2 aromatic rings. The van der Waals surface area contributed by atoms with Crippen LogP contribution in [0.3, 0.4) is 0 Å². The predicted molar refractivity (Wildman–Crippen MR) is 82.8 cm³/mol. The molecule has 1 unspecified atom stereocenters. The molecule has 1 aromatic carbocycles. The van der Waals surface area contributed by atoms with Crippen molar-refractivity contribution >= 4 is 22.8 Å². The second-order valence-corrected chi connectivity index (χ2v) is 6.77. The Hall–Kier alpha value is -2.18. The second kappa shape index (κ2) is 5.47. The van der Waals surface area contributed by atoms with Crippen LogP contribution in [0.4, 0.5) is 19.3 Å². The van der Waals surface area contributed by atoms with Gasteiger partial charge in [0.2, 0.25) is 5.89 Å². The minimum Gasteiger partial charge on any atom is -0.440 e. The minimum atomic E-state index is -2.51. The quantitative estimate of drug-likeness (QED) is 0.909. The van der Waals surface area contributed by atoms with Gasteiger partial charge in [-0.1, -0.05) is 20.8 Å². The smallest absolute Gasteiger partial charge is 0.322 e. The van der Waals surface area contributed by atoms with E-state index in [1.54, 1.807) is 18.2 Å². The zero-order valence-electron chi connectivity index (χ0n) is 13.3. The van der Waals surface area contributed by atoms with Crippen molar-refractivity contribution in [2.45, 2.75) is 45.1 Å². The molecule has 124 valence electrons.